The molecule has 2 rings (SSSR count). The van der Waals surface area contributed by atoms with Crippen LogP contribution in [0.2, 0.25) is 0 Å². The highest BCUT2D eigenvalue weighted by Crippen LogP contribution is 2.37. The molecular weight excluding hydrogens is 244 g/mol. The summed E-state index contributed by atoms with van der Waals surface area (Å²) in [5, 5.41) is 9.51. The number of carboxylic acids is 1. The van der Waals surface area contributed by atoms with Crippen LogP contribution in [0.25, 0.3) is 0 Å². The smallest absolute Gasteiger partial charge is 0.329 e. The van der Waals surface area contributed by atoms with Gasteiger partial charge in [-0.25, -0.2) is 9.59 Å². The zero-order valence-corrected chi connectivity index (χ0v) is 12.1. The van der Waals surface area contributed by atoms with E-state index in [0.29, 0.717) is 25.3 Å². The van der Waals surface area contributed by atoms with E-state index < -0.39 is 11.5 Å². The Labute approximate surface area is 114 Å². The maximum absolute atomic E-state index is 12.6. The topological polar surface area (TPSA) is 60.9 Å². The molecule has 2 unspecified atom stereocenters. The van der Waals surface area contributed by atoms with Crippen molar-refractivity contribution in [2.45, 2.75) is 57.5 Å². The molecule has 108 valence electrons. The molecule has 1 saturated heterocycles. The molecule has 0 aromatic rings. The molecule has 1 saturated carbocycles. The van der Waals surface area contributed by atoms with E-state index in [4.69, 9.17) is 0 Å². The summed E-state index contributed by atoms with van der Waals surface area (Å²) in [6.45, 7) is 4.46. The van der Waals surface area contributed by atoms with Crippen LogP contribution in [0.15, 0.2) is 0 Å². The summed E-state index contributed by atoms with van der Waals surface area (Å²) in [4.78, 5) is 27.5. The van der Waals surface area contributed by atoms with Crippen molar-refractivity contribution in [2.24, 2.45) is 5.92 Å². The van der Waals surface area contributed by atoms with Crippen molar-refractivity contribution >= 4 is 12.0 Å². The van der Waals surface area contributed by atoms with Gasteiger partial charge < -0.3 is 14.9 Å². The molecule has 5 heteroatoms. The highest BCUT2D eigenvalue weighted by molar-refractivity contribution is 5.87. The number of rotatable bonds is 4. The summed E-state index contributed by atoms with van der Waals surface area (Å²) in [7, 11) is 1.80. The summed E-state index contributed by atoms with van der Waals surface area (Å²) < 4.78 is 0. The highest BCUT2D eigenvalue weighted by Gasteiger charge is 2.50. The van der Waals surface area contributed by atoms with Crippen LogP contribution < -0.4 is 0 Å². The first kappa shape index (κ1) is 14.2. The van der Waals surface area contributed by atoms with Crippen molar-refractivity contribution < 1.29 is 14.7 Å². The Hall–Kier alpha value is -1.26. The predicted octanol–water partition coefficient (Wildman–Crippen LogP) is 2.17. The number of hydrogen-bond donors (Lipinski definition) is 1. The van der Waals surface area contributed by atoms with Crippen molar-refractivity contribution in [1.29, 1.82) is 0 Å². The normalized spacial score (nSPS) is 28.3. The van der Waals surface area contributed by atoms with E-state index in [2.05, 4.69) is 6.92 Å². The summed E-state index contributed by atoms with van der Waals surface area (Å²) in [5.41, 5.74) is -0.991. The zero-order chi connectivity index (χ0) is 14.2. The number of urea groups is 1. The maximum Gasteiger partial charge on any atom is 0.329 e. The molecule has 2 aliphatic rings. The van der Waals surface area contributed by atoms with Crippen molar-refractivity contribution in [3.8, 4) is 0 Å². The van der Waals surface area contributed by atoms with Crippen LogP contribution in [-0.2, 0) is 4.79 Å². The molecule has 1 aliphatic carbocycles. The summed E-state index contributed by atoms with van der Waals surface area (Å²) >= 11 is 0. The Morgan fingerprint density at radius 2 is 2.11 bits per heavy atom. The van der Waals surface area contributed by atoms with Gasteiger partial charge in [0.25, 0.3) is 0 Å². The minimum atomic E-state index is -0.991. The lowest BCUT2D eigenvalue weighted by Gasteiger charge is -2.38. The molecule has 1 N–H and O–H groups in total. The Morgan fingerprint density at radius 1 is 1.47 bits per heavy atom. The molecule has 0 aromatic carbocycles. The number of carbonyl (C=O) groups excluding carboxylic acids is 1. The van der Waals surface area contributed by atoms with Crippen LogP contribution in [0.1, 0.15) is 46.0 Å². The van der Waals surface area contributed by atoms with E-state index in [9.17, 15) is 14.7 Å². The Bertz CT molecular complexity index is 381. The van der Waals surface area contributed by atoms with Crippen molar-refractivity contribution in [3.63, 3.8) is 0 Å². The minimum Gasteiger partial charge on any atom is -0.479 e. The van der Waals surface area contributed by atoms with Gasteiger partial charge in [0.05, 0.1) is 0 Å². The van der Waals surface area contributed by atoms with Gasteiger partial charge in [0.2, 0.25) is 0 Å². The standard InChI is InChI=1S/C14H24N2O3/c1-4-14(12(17)18)8-5-9-16(14)13(19)15(3)10(2)11-6-7-11/h10-11H,4-9H2,1-3H3,(H,17,18). The van der Waals surface area contributed by atoms with Crippen LogP contribution in [-0.4, -0.2) is 52.1 Å². The van der Waals surface area contributed by atoms with E-state index in [1.54, 1.807) is 16.8 Å². The molecule has 2 fully saturated rings. The van der Waals surface area contributed by atoms with Gasteiger partial charge in [0.1, 0.15) is 5.54 Å². The predicted molar refractivity (Wildman–Crippen MR) is 71.9 cm³/mol. The van der Waals surface area contributed by atoms with Gasteiger partial charge in [0, 0.05) is 19.6 Å². The summed E-state index contributed by atoms with van der Waals surface area (Å²) in [5.74, 6) is -0.272. The average Bonchev–Trinajstić information content (AvgIpc) is 3.14. The third kappa shape index (κ3) is 2.30. The summed E-state index contributed by atoms with van der Waals surface area (Å²) in [6, 6.07) is 0.0811. The number of aliphatic carboxylic acids is 1. The van der Waals surface area contributed by atoms with E-state index in [1.165, 1.54) is 12.8 Å². The van der Waals surface area contributed by atoms with Gasteiger partial charge in [-0.2, -0.15) is 0 Å². The SMILES string of the molecule is CCC1(C(=O)O)CCCN1C(=O)N(C)C(C)C1CC1. The van der Waals surface area contributed by atoms with Crippen molar-refractivity contribution in [3.05, 3.63) is 0 Å². The Balaban J connectivity index is 2.14. The van der Waals surface area contributed by atoms with Gasteiger partial charge in [-0.05, 0) is 44.9 Å². The number of carboxylic acid groups (broad SMARTS) is 1. The van der Waals surface area contributed by atoms with E-state index >= 15 is 0 Å². The first-order valence-electron chi connectivity index (χ1n) is 7.22. The number of likely N-dealkylation sites (tertiary alicyclic amines) is 1. The van der Waals surface area contributed by atoms with Crippen molar-refractivity contribution in [1.82, 2.24) is 9.80 Å². The molecular formula is C14H24N2O3. The second kappa shape index (κ2) is 5.02. The van der Waals surface area contributed by atoms with Crippen LogP contribution in [0.3, 0.4) is 0 Å². The quantitative estimate of drug-likeness (QED) is 0.850. The van der Waals surface area contributed by atoms with Gasteiger partial charge in [0.15, 0.2) is 0 Å². The largest absolute Gasteiger partial charge is 0.479 e. The van der Waals surface area contributed by atoms with Crippen LogP contribution in [0, 0.1) is 5.92 Å². The van der Waals surface area contributed by atoms with Crippen LogP contribution in [0.4, 0.5) is 4.79 Å². The van der Waals surface area contributed by atoms with Crippen molar-refractivity contribution in [2.75, 3.05) is 13.6 Å². The lowest BCUT2D eigenvalue weighted by atomic mass is 9.93. The first-order chi connectivity index (χ1) is 8.94. The second-order valence-electron chi connectivity index (χ2n) is 5.92. The number of nitrogens with zero attached hydrogens (tertiary/aromatic N) is 2. The monoisotopic (exact) mass is 268 g/mol. The van der Waals surface area contributed by atoms with Gasteiger partial charge in [-0.15, -0.1) is 0 Å². The Morgan fingerprint density at radius 3 is 2.58 bits per heavy atom. The molecule has 1 heterocycles. The zero-order valence-electron chi connectivity index (χ0n) is 12.1. The van der Waals surface area contributed by atoms with Gasteiger partial charge in [-0.1, -0.05) is 6.92 Å². The number of amides is 2. The molecule has 0 aromatic heterocycles. The van der Waals surface area contributed by atoms with E-state index in [0.717, 1.165) is 6.42 Å². The molecule has 5 nitrogen and oxygen atoms in total. The van der Waals surface area contributed by atoms with E-state index in [1.807, 2.05) is 6.92 Å². The maximum atomic E-state index is 12.6. The molecule has 0 spiro atoms. The summed E-state index contributed by atoms with van der Waals surface area (Å²) in [6.07, 6.45) is 4.17. The molecule has 0 bridgehead atoms. The van der Waals surface area contributed by atoms with E-state index in [-0.39, 0.29) is 12.1 Å². The third-order valence-corrected chi connectivity index (χ3v) is 4.92. The molecule has 19 heavy (non-hydrogen) atoms. The van der Waals surface area contributed by atoms with Crippen LogP contribution >= 0.6 is 0 Å². The average molecular weight is 268 g/mol. The highest BCUT2D eigenvalue weighted by atomic mass is 16.4. The fourth-order valence-corrected chi connectivity index (χ4v) is 3.16. The Kier molecular flexibility index (Phi) is 3.74. The van der Waals surface area contributed by atoms with Crippen LogP contribution in [0.5, 0.6) is 0 Å². The fraction of sp³-hybridized carbons (Fsp3) is 0.857. The number of hydrogen-bond acceptors (Lipinski definition) is 2. The second-order valence-corrected chi connectivity index (χ2v) is 5.92. The number of carbonyl (C=O) groups is 2. The minimum absolute atomic E-state index is 0.124. The molecule has 2 amide bonds. The first-order valence-corrected chi connectivity index (χ1v) is 7.22. The van der Waals surface area contributed by atoms with Gasteiger partial charge in [-0.3, -0.25) is 0 Å². The molecule has 2 atom stereocenters. The molecule has 0 radical (unpaired) electrons. The fourth-order valence-electron chi connectivity index (χ4n) is 3.16. The molecule has 1 aliphatic heterocycles. The lowest BCUT2D eigenvalue weighted by Crippen LogP contribution is -2.57. The third-order valence-electron chi connectivity index (χ3n) is 4.92. The lowest BCUT2D eigenvalue weighted by molar-refractivity contribution is -0.148. The van der Waals surface area contributed by atoms with Gasteiger partial charge >= 0.3 is 12.0 Å².